The van der Waals surface area contributed by atoms with Crippen LogP contribution >= 0.6 is 7.82 Å². The van der Waals surface area contributed by atoms with Crippen molar-refractivity contribution in [3.63, 3.8) is 0 Å². The number of hydrogen-bond acceptors (Lipinski definition) is 6. The summed E-state index contributed by atoms with van der Waals surface area (Å²) in [5.41, 5.74) is 5.40. The zero-order valence-corrected chi connectivity index (χ0v) is 36.7. The summed E-state index contributed by atoms with van der Waals surface area (Å²) in [5.74, 6) is 0. The summed E-state index contributed by atoms with van der Waals surface area (Å²) < 4.78 is 34.2. The van der Waals surface area contributed by atoms with Gasteiger partial charge in [-0.1, -0.05) is 232 Å². The minimum absolute atomic E-state index is 0.0194. The highest BCUT2D eigenvalue weighted by atomic mass is 31.2. The molecule has 3 N–H and O–H groups in total. The zero-order chi connectivity index (χ0) is 38.6. The maximum atomic E-state index is 12.1. The van der Waals surface area contributed by atoms with Crippen molar-refractivity contribution in [3.05, 3.63) is 0 Å². The van der Waals surface area contributed by atoms with Crippen LogP contribution in [0.25, 0.3) is 0 Å². The van der Waals surface area contributed by atoms with Crippen LogP contribution in [0.5, 0.6) is 0 Å². The van der Waals surface area contributed by atoms with Gasteiger partial charge in [-0.05, 0) is 12.8 Å². The molecule has 0 aromatic carbocycles. The zero-order valence-electron chi connectivity index (χ0n) is 35.8. The molecule has 0 radical (unpaired) electrons. The number of phosphoric ester groups is 1. The topological polar surface area (TPSA) is 100 Å². The van der Waals surface area contributed by atoms with Crippen LogP contribution in [-0.4, -0.2) is 50.6 Å². The van der Waals surface area contributed by atoms with E-state index < -0.39 is 13.9 Å². The van der Waals surface area contributed by atoms with E-state index in [0.717, 1.165) is 19.3 Å². The van der Waals surface area contributed by atoms with Crippen molar-refractivity contribution in [2.24, 2.45) is 5.73 Å². The predicted octanol–water partition coefficient (Wildman–Crippen LogP) is 14.6. The van der Waals surface area contributed by atoms with Crippen LogP contribution in [0.3, 0.4) is 0 Å². The first-order valence-corrected chi connectivity index (χ1v) is 25.1. The molecule has 0 aromatic heterocycles. The van der Waals surface area contributed by atoms with Gasteiger partial charge in [-0.15, -0.1) is 0 Å². The molecule has 8 heteroatoms. The van der Waals surface area contributed by atoms with Crippen molar-refractivity contribution >= 4 is 7.82 Å². The van der Waals surface area contributed by atoms with Gasteiger partial charge in [0.2, 0.25) is 0 Å². The van der Waals surface area contributed by atoms with Gasteiger partial charge in [-0.3, -0.25) is 9.05 Å². The lowest BCUT2D eigenvalue weighted by Crippen LogP contribution is -2.26. The molecule has 2 unspecified atom stereocenters. The fourth-order valence-electron chi connectivity index (χ4n) is 7.10. The van der Waals surface area contributed by atoms with Crippen molar-refractivity contribution in [1.29, 1.82) is 0 Å². The van der Waals surface area contributed by atoms with E-state index in [1.54, 1.807) is 0 Å². The summed E-state index contributed by atoms with van der Waals surface area (Å²) >= 11 is 0. The molecule has 0 fully saturated rings. The van der Waals surface area contributed by atoms with E-state index in [2.05, 4.69) is 13.8 Å². The van der Waals surface area contributed by atoms with Crippen molar-refractivity contribution in [1.82, 2.24) is 0 Å². The molecular formula is C45H94NO6P. The molecular weight excluding hydrogens is 681 g/mol. The highest BCUT2D eigenvalue weighted by Gasteiger charge is 2.23. The summed E-state index contributed by atoms with van der Waals surface area (Å²) in [6.07, 6.45) is 48.4. The molecule has 53 heavy (non-hydrogen) atoms. The van der Waals surface area contributed by atoms with Gasteiger partial charge in [0, 0.05) is 19.8 Å². The molecule has 0 heterocycles. The van der Waals surface area contributed by atoms with Gasteiger partial charge in [0.15, 0.2) is 0 Å². The Morgan fingerprint density at radius 3 is 1.04 bits per heavy atom. The normalized spacial score (nSPS) is 13.5. The lowest BCUT2D eigenvalue weighted by atomic mass is 10.0. The molecule has 0 aliphatic rings. The van der Waals surface area contributed by atoms with Crippen LogP contribution < -0.4 is 5.73 Å². The monoisotopic (exact) mass is 776 g/mol. The average molecular weight is 776 g/mol. The van der Waals surface area contributed by atoms with E-state index in [1.807, 2.05) is 0 Å². The molecule has 0 aliphatic carbocycles. The fourth-order valence-corrected chi connectivity index (χ4v) is 7.87. The van der Waals surface area contributed by atoms with E-state index in [4.69, 9.17) is 24.3 Å². The van der Waals surface area contributed by atoms with Crippen LogP contribution in [0, 0.1) is 0 Å². The summed E-state index contributed by atoms with van der Waals surface area (Å²) in [6.45, 7) is 6.33. The SMILES string of the molecule is CCCCCCCCCCCCCCCCCCCCOCC(COP(=O)(O)OCCN)OCCCCCCCCCCCCCCCCCCCC. The van der Waals surface area contributed by atoms with Gasteiger partial charge in [-0.25, -0.2) is 4.57 Å². The van der Waals surface area contributed by atoms with Gasteiger partial charge >= 0.3 is 7.82 Å². The van der Waals surface area contributed by atoms with Crippen molar-refractivity contribution in [2.45, 2.75) is 251 Å². The average Bonchev–Trinajstić information content (AvgIpc) is 3.15. The first-order valence-electron chi connectivity index (χ1n) is 23.6. The minimum Gasteiger partial charge on any atom is -0.379 e. The van der Waals surface area contributed by atoms with Crippen LogP contribution in [0.4, 0.5) is 0 Å². The van der Waals surface area contributed by atoms with Crippen LogP contribution in [0.15, 0.2) is 0 Å². The number of ether oxygens (including phenoxy) is 2. The lowest BCUT2D eigenvalue weighted by Gasteiger charge is -2.20. The number of hydrogen-bond donors (Lipinski definition) is 2. The van der Waals surface area contributed by atoms with Crippen LogP contribution in [0.2, 0.25) is 0 Å². The molecule has 0 saturated carbocycles. The number of nitrogens with two attached hydrogens (primary N) is 1. The van der Waals surface area contributed by atoms with Gasteiger partial charge in [0.1, 0.15) is 6.10 Å². The second-order valence-electron chi connectivity index (χ2n) is 16.0. The number of phosphoric acid groups is 1. The predicted molar refractivity (Wildman–Crippen MR) is 229 cm³/mol. The highest BCUT2D eigenvalue weighted by Crippen LogP contribution is 2.43. The Balaban J connectivity index is 3.80. The third-order valence-electron chi connectivity index (χ3n) is 10.6. The maximum Gasteiger partial charge on any atom is 0.472 e. The Morgan fingerprint density at radius 1 is 0.415 bits per heavy atom. The fraction of sp³-hybridized carbons (Fsp3) is 1.00. The maximum absolute atomic E-state index is 12.1. The molecule has 2 atom stereocenters. The molecule has 0 aromatic rings. The third kappa shape index (κ3) is 44.6. The summed E-state index contributed by atoms with van der Waals surface area (Å²) in [5, 5.41) is 0. The molecule has 7 nitrogen and oxygen atoms in total. The first kappa shape index (κ1) is 53.0. The number of unbranched alkanes of at least 4 members (excludes halogenated alkanes) is 34. The van der Waals surface area contributed by atoms with Crippen LogP contribution in [0.1, 0.15) is 245 Å². The molecule has 0 amide bonds. The van der Waals surface area contributed by atoms with E-state index >= 15 is 0 Å². The standard InChI is InChI=1S/C45H94NO6P/c1-3-5-7-9-11-13-15-17-19-21-23-25-27-29-31-33-35-37-40-49-43-45(44-52-53(47,48)51-42-39-46)50-41-38-36-34-32-30-28-26-24-22-20-18-16-14-12-10-8-6-4-2/h45H,3-44,46H2,1-2H3,(H,47,48). The third-order valence-corrected chi connectivity index (χ3v) is 11.6. The summed E-state index contributed by atoms with van der Waals surface area (Å²) in [7, 11) is -4.14. The van der Waals surface area contributed by atoms with Gasteiger partial charge in [0.25, 0.3) is 0 Å². The Morgan fingerprint density at radius 2 is 0.717 bits per heavy atom. The van der Waals surface area contributed by atoms with Gasteiger partial charge < -0.3 is 20.1 Å². The van der Waals surface area contributed by atoms with E-state index in [0.29, 0.717) is 19.8 Å². The van der Waals surface area contributed by atoms with Gasteiger partial charge in [-0.2, -0.15) is 0 Å². The number of rotatable bonds is 47. The molecule has 0 spiro atoms. The lowest BCUT2D eigenvalue weighted by molar-refractivity contribution is -0.0443. The molecule has 0 aliphatic heterocycles. The second kappa shape index (κ2) is 44.7. The van der Waals surface area contributed by atoms with Crippen molar-refractivity contribution in [3.8, 4) is 0 Å². The smallest absolute Gasteiger partial charge is 0.379 e. The first-order chi connectivity index (χ1) is 26.1. The Kier molecular flexibility index (Phi) is 44.7. The Labute approximate surface area is 331 Å². The largest absolute Gasteiger partial charge is 0.472 e. The second-order valence-corrected chi connectivity index (χ2v) is 17.4. The molecule has 320 valence electrons. The summed E-state index contributed by atoms with van der Waals surface area (Å²) in [6, 6.07) is 0. The van der Waals surface area contributed by atoms with Gasteiger partial charge in [0.05, 0.1) is 19.8 Å². The highest BCUT2D eigenvalue weighted by molar-refractivity contribution is 7.47. The molecule has 0 bridgehead atoms. The Bertz CT molecular complexity index is 729. The van der Waals surface area contributed by atoms with E-state index in [9.17, 15) is 9.46 Å². The quantitative estimate of drug-likeness (QED) is 0.0469. The van der Waals surface area contributed by atoms with Crippen molar-refractivity contribution in [2.75, 3.05) is 39.6 Å². The molecule has 0 rings (SSSR count). The van der Waals surface area contributed by atoms with E-state index in [-0.39, 0.29) is 19.8 Å². The van der Waals surface area contributed by atoms with E-state index in [1.165, 1.54) is 212 Å². The Hall–Kier alpha value is -0.0100. The molecule has 0 saturated heterocycles. The summed E-state index contributed by atoms with van der Waals surface area (Å²) in [4.78, 5) is 9.93. The van der Waals surface area contributed by atoms with Crippen LogP contribution in [-0.2, 0) is 23.1 Å². The van der Waals surface area contributed by atoms with Crippen molar-refractivity contribution < 1.29 is 28.0 Å². The minimum atomic E-state index is -4.14.